The molecule has 1 aromatic heterocycles. The number of nitrogens with two attached hydrogens (primary N) is 1. The average Bonchev–Trinajstić information content (AvgIpc) is 2.56. The van der Waals surface area contributed by atoms with Gasteiger partial charge in [-0.1, -0.05) is 0 Å². The number of nitrogens with zero attached hydrogens (tertiary/aromatic N) is 2. The summed E-state index contributed by atoms with van der Waals surface area (Å²) in [5, 5.41) is 20.1. The van der Waals surface area contributed by atoms with Gasteiger partial charge in [-0.25, -0.2) is 9.88 Å². The summed E-state index contributed by atoms with van der Waals surface area (Å²) in [5.74, 6) is -2.42. The first-order valence-electron chi connectivity index (χ1n) is 7.59. The molecule has 1 fully saturated rings. The zero-order chi connectivity index (χ0) is 19.3. The Balaban J connectivity index is 1.92. The second-order valence-corrected chi connectivity index (χ2v) is 7.75. The zero-order valence-electron chi connectivity index (χ0n) is 13.6. The molecule has 0 saturated carbocycles. The molecule has 1 aromatic rings. The van der Waals surface area contributed by atoms with Crippen molar-refractivity contribution in [3.63, 3.8) is 0 Å². The summed E-state index contributed by atoms with van der Waals surface area (Å²) >= 11 is 0. The first kappa shape index (κ1) is 20.0. The molecule has 3 atom stereocenters. The number of hydrogen-bond acceptors (Lipinski definition) is 8. The van der Waals surface area contributed by atoms with Crippen molar-refractivity contribution in [2.24, 2.45) is 0 Å². The van der Waals surface area contributed by atoms with Crippen molar-refractivity contribution >= 4 is 25.3 Å². The highest BCUT2D eigenvalue weighted by Crippen LogP contribution is 2.46. The zero-order valence-corrected chi connectivity index (χ0v) is 14.5. The maximum atomic E-state index is 12.5. The fourth-order valence-corrected chi connectivity index (χ4v) is 3.97. The number of nitrogen functional groups attached to an aromatic ring is 1. The van der Waals surface area contributed by atoms with Crippen molar-refractivity contribution in [1.82, 2.24) is 14.6 Å². The summed E-state index contributed by atoms with van der Waals surface area (Å²) in [4.78, 5) is 37.0. The van der Waals surface area contributed by atoms with Gasteiger partial charge in [0.05, 0.1) is 13.2 Å². The molecule has 0 amide bonds. The summed E-state index contributed by atoms with van der Waals surface area (Å²) in [5.41, 5.74) is 4.83. The lowest BCUT2D eigenvalue weighted by Crippen LogP contribution is -2.41. The Hall–Kier alpha value is -2.27. The van der Waals surface area contributed by atoms with Crippen LogP contribution in [-0.4, -0.2) is 56.8 Å². The Morgan fingerprint density at radius 1 is 1.50 bits per heavy atom. The third-order valence-electron chi connectivity index (χ3n) is 3.54. The Kier molecular flexibility index (Phi) is 6.48. The minimum absolute atomic E-state index is 0.0850. The maximum absolute atomic E-state index is 12.5. The van der Waals surface area contributed by atoms with Crippen molar-refractivity contribution in [3.05, 3.63) is 22.7 Å². The molecule has 1 aliphatic rings. The summed E-state index contributed by atoms with van der Waals surface area (Å²) in [6.45, 7) is -0.0557. The monoisotopic (exact) mass is 390 g/mol. The molecule has 0 radical (unpaired) electrons. The third-order valence-corrected chi connectivity index (χ3v) is 5.30. The summed E-state index contributed by atoms with van der Waals surface area (Å²) in [7, 11) is -3.61. The predicted molar refractivity (Wildman–Crippen MR) is 87.6 cm³/mol. The Morgan fingerprint density at radius 2 is 2.23 bits per heavy atom. The summed E-state index contributed by atoms with van der Waals surface area (Å²) < 4.78 is 24.4. The smallest absolute Gasteiger partial charge is 0.349 e. The van der Waals surface area contributed by atoms with E-state index in [1.165, 1.54) is 16.8 Å². The molecule has 144 valence electrons. The van der Waals surface area contributed by atoms with Gasteiger partial charge < -0.3 is 25.2 Å². The van der Waals surface area contributed by atoms with E-state index in [4.69, 9.17) is 25.2 Å². The van der Waals surface area contributed by atoms with E-state index in [1.54, 1.807) is 0 Å². The van der Waals surface area contributed by atoms with E-state index in [2.05, 4.69) is 10.1 Å². The second kappa shape index (κ2) is 8.41. The van der Waals surface area contributed by atoms with E-state index in [-0.39, 0.29) is 25.4 Å². The normalized spacial score (nSPS) is 24.1. The summed E-state index contributed by atoms with van der Waals surface area (Å²) in [6.07, 6.45) is -0.225. The lowest BCUT2D eigenvalue weighted by atomic mass is 10.2. The molecule has 0 aliphatic carbocycles. The van der Waals surface area contributed by atoms with Crippen LogP contribution in [0.15, 0.2) is 17.1 Å². The molecule has 1 unspecified atom stereocenters. The molecular weight excluding hydrogens is 371 g/mol. The average molecular weight is 390 g/mol. The molecule has 0 aromatic carbocycles. The van der Waals surface area contributed by atoms with Crippen LogP contribution in [0.25, 0.3) is 0 Å². The van der Waals surface area contributed by atoms with Gasteiger partial charge in [0.25, 0.3) is 7.52 Å². The molecule has 0 spiro atoms. The SMILES string of the molecule is Nc1ccn(C[C@H]2COP(=O)(N[C@@H](CCC(=O)O)C(=O)O)CO2)c(=O)n1. The number of aromatic nitrogens is 2. The van der Waals surface area contributed by atoms with Crippen LogP contribution >= 0.6 is 7.52 Å². The van der Waals surface area contributed by atoms with Crippen molar-refractivity contribution in [1.29, 1.82) is 0 Å². The van der Waals surface area contributed by atoms with Gasteiger partial charge in [-0.3, -0.25) is 18.7 Å². The lowest BCUT2D eigenvalue weighted by Gasteiger charge is -2.31. The van der Waals surface area contributed by atoms with Gasteiger partial charge in [0.15, 0.2) is 0 Å². The number of nitrogens with one attached hydrogen (secondary N) is 1. The van der Waals surface area contributed by atoms with Gasteiger partial charge in [0, 0.05) is 12.6 Å². The van der Waals surface area contributed by atoms with Gasteiger partial charge in [-0.05, 0) is 12.5 Å². The number of ether oxygens (including phenoxy) is 1. The molecule has 0 bridgehead atoms. The highest BCUT2D eigenvalue weighted by molar-refractivity contribution is 7.56. The van der Waals surface area contributed by atoms with Crippen molar-refractivity contribution < 1.29 is 33.6 Å². The van der Waals surface area contributed by atoms with Crippen molar-refractivity contribution in [2.45, 2.75) is 31.5 Å². The van der Waals surface area contributed by atoms with Gasteiger partial charge in [-0.15, -0.1) is 0 Å². The van der Waals surface area contributed by atoms with Gasteiger partial charge in [0.1, 0.15) is 24.3 Å². The molecule has 2 heterocycles. The number of carboxylic acid groups (broad SMARTS) is 2. The van der Waals surface area contributed by atoms with Crippen LogP contribution in [-0.2, 0) is 30.0 Å². The third kappa shape index (κ3) is 5.63. The van der Waals surface area contributed by atoms with E-state index in [9.17, 15) is 18.9 Å². The van der Waals surface area contributed by atoms with Crippen molar-refractivity contribution in [2.75, 3.05) is 18.7 Å². The quantitative estimate of drug-likeness (QED) is 0.412. The molecule has 1 aliphatic heterocycles. The van der Waals surface area contributed by atoms with E-state index in [0.717, 1.165) is 0 Å². The van der Waals surface area contributed by atoms with E-state index in [0.29, 0.717) is 0 Å². The Labute approximate surface area is 147 Å². The Bertz CT molecular complexity index is 770. The number of aliphatic carboxylic acids is 2. The maximum Gasteiger partial charge on any atom is 0.349 e. The number of rotatable bonds is 8. The highest BCUT2D eigenvalue weighted by atomic mass is 31.2. The molecule has 5 N–H and O–H groups in total. The minimum Gasteiger partial charge on any atom is -0.481 e. The van der Waals surface area contributed by atoms with E-state index in [1.807, 2.05) is 0 Å². The van der Waals surface area contributed by atoms with Crippen LogP contribution in [0, 0.1) is 0 Å². The number of hydrogen-bond donors (Lipinski definition) is 4. The van der Waals surface area contributed by atoms with Gasteiger partial charge in [-0.2, -0.15) is 4.98 Å². The minimum atomic E-state index is -3.61. The topological polar surface area (TPSA) is 183 Å². The fraction of sp³-hybridized carbons (Fsp3) is 0.538. The van der Waals surface area contributed by atoms with Crippen LogP contribution in [0.2, 0.25) is 0 Å². The number of anilines is 1. The fourth-order valence-electron chi connectivity index (χ4n) is 2.22. The molecule has 12 nitrogen and oxygen atoms in total. The lowest BCUT2D eigenvalue weighted by molar-refractivity contribution is -0.140. The number of carboxylic acids is 2. The first-order chi connectivity index (χ1) is 12.2. The standard InChI is InChI=1S/C13H19N4O8P/c14-10-3-4-17(13(22)15-10)5-8-6-25-26(23,7-24-8)16-9(12(20)21)1-2-11(18)19/h3-4,8-9H,1-2,5-7H2,(H,16,23)(H,18,19)(H,20,21)(H2,14,15,22)/t8-,9-,26?/m0/s1. The van der Waals surface area contributed by atoms with Gasteiger partial charge in [0.2, 0.25) is 0 Å². The Morgan fingerprint density at radius 3 is 2.77 bits per heavy atom. The number of carbonyl (C=O) groups is 2. The second-order valence-electron chi connectivity index (χ2n) is 5.63. The van der Waals surface area contributed by atoms with E-state index >= 15 is 0 Å². The highest BCUT2D eigenvalue weighted by Gasteiger charge is 2.36. The molecular formula is C13H19N4O8P. The van der Waals surface area contributed by atoms with Gasteiger partial charge >= 0.3 is 17.6 Å². The van der Waals surface area contributed by atoms with Crippen LogP contribution in [0.4, 0.5) is 5.82 Å². The largest absolute Gasteiger partial charge is 0.481 e. The van der Waals surface area contributed by atoms with E-state index < -0.39 is 50.1 Å². The molecule has 1 saturated heterocycles. The predicted octanol–water partition coefficient (Wildman–Crippen LogP) is -0.701. The molecule has 13 heteroatoms. The molecule has 26 heavy (non-hydrogen) atoms. The first-order valence-corrected chi connectivity index (χ1v) is 9.40. The van der Waals surface area contributed by atoms with Crippen LogP contribution in [0.1, 0.15) is 12.8 Å². The van der Waals surface area contributed by atoms with Crippen LogP contribution in [0.5, 0.6) is 0 Å². The molecule has 2 rings (SSSR count). The van der Waals surface area contributed by atoms with Crippen LogP contribution in [0.3, 0.4) is 0 Å². The van der Waals surface area contributed by atoms with Crippen LogP contribution < -0.4 is 16.5 Å². The summed E-state index contributed by atoms with van der Waals surface area (Å²) in [6, 6.07) is 0.0956. The van der Waals surface area contributed by atoms with Crippen molar-refractivity contribution in [3.8, 4) is 0 Å².